The van der Waals surface area contributed by atoms with Crippen molar-refractivity contribution in [3.8, 4) is 0 Å². The molecule has 0 saturated heterocycles. The number of carbonyl (C=O) groups is 1. The van der Waals surface area contributed by atoms with E-state index in [9.17, 15) is 4.79 Å². The Balaban J connectivity index is 2.28. The van der Waals surface area contributed by atoms with Crippen LogP contribution in [0.5, 0.6) is 0 Å². The average molecular weight is 257 g/mol. The molecular weight excluding hydrogens is 247 g/mol. The zero-order chi connectivity index (χ0) is 11.5. The maximum absolute atomic E-state index is 11.7. The highest BCUT2D eigenvalue weighted by Gasteiger charge is 2.11. The maximum Gasteiger partial charge on any atom is 0.198 e. The lowest BCUT2D eigenvalue weighted by Crippen LogP contribution is -1.96. The summed E-state index contributed by atoms with van der Waals surface area (Å²) < 4.78 is 5.43. The average Bonchev–Trinajstić information content (AvgIpc) is 2.68. The van der Waals surface area contributed by atoms with Crippen molar-refractivity contribution in [1.29, 1.82) is 0 Å². The topological polar surface area (TPSA) is 30.2 Å². The summed E-state index contributed by atoms with van der Waals surface area (Å²) in [6.07, 6.45) is 1.08. The summed E-state index contributed by atoms with van der Waals surface area (Å²) in [6.45, 7) is 0. The van der Waals surface area contributed by atoms with Gasteiger partial charge in [-0.3, -0.25) is 4.79 Å². The molecular formula is C12H10Cl2O2. The standard InChI is InChI=1S/C12H10Cl2O2/c13-5-1-2-10(15)12-7-8-6-9(14)3-4-11(8)16-12/h3-4,6-7H,1-2,5H2. The molecule has 84 valence electrons. The Hall–Kier alpha value is -0.990. The molecule has 0 aliphatic rings. The predicted molar refractivity (Wildman–Crippen MR) is 65.5 cm³/mol. The third-order valence-corrected chi connectivity index (χ3v) is 2.79. The highest BCUT2D eigenvalue weighted by Crippen LogP contribution is 2.23. The lowest BCUT2D eigenvalue weighted by Gasteiger charge is -1.92. The number of furan rings is 1. The van der Waals surface area contributed by atoms with Crippen molar-refractivity contribution >= 4 is 40.0 Å². The number of halogens is 2. The fraction of sp³-hybridized carbons (Fsp3) is 0.250. The molecule has 2 aromatic rings. The van der Waals surface area contributed by atoms with Crippen LogP contribution in [0.2, 0.25) is 5.02 Å². The molecule has 2 nitrogen and oxygen atoms in total. The van der Waals surface area contributed by atoms with Crippen molar-refractivity contribution in [2.45, 2.75) is 12.8 Å². The fourth-order valence-electron chi connectivity index (χ4n) is 1.50. The Labute approximate surface area is 103 Å². The molecule has 0 radical (unpaired) electrons. The summed E-state index contributed by atoms with van der Waals surface area (Å²) in [6, 6.07) is 6.99. The van der Waals surface area contributed by atoms with Crippen LogP contribution < -0.4 is 0 Å². The van der Waals surface area contributed by atoms with Gasteiger partial charge in [0.15, 0.2) is 11.5 Å². The van der Waals surface area contributed by atoms with Gasteiger partial charge in [0, 0.05) is 22.7 Å². The monoisotopic (exact) mass is 256 g/mol. The van der Waals surface area contributed by atoms with E-state index in [0.717, 1.165) is 5.39 Å². The first kappa shape index (κ1) is 11.5. The molecule has 4 heteroatoms. The summed E-state index contributed by atoms with van der Waals surface area (Å²) in [4.78, 5) is 11.7. The van der Waals surface area contributed by atoms with E-state index in [2.05, 4.69) is 0 Å². The number of rotatable bonds is 4. The number of carbonyl (C=O) groups excluding carboxylic acids is 1. The third-order valence-electron chi connectivity index (χ3n) is 2.29. The Bertz CT molecular complexity index is 517. The minimum Gasteiger partial charge on any atom is -0.453 e. The molecule has 2 rings (SSSR count). The summed E-state index contributed by atoms with van der Waals surface area (Å²) in [5, 5.41) is 1.48. The second-order valence-corrected chi connectivity index (χ2v) is 4.32. The van der Waals surface area contributed by atoms with Gasteiger partial charge in [0.1, 0.15) is 5.58 Å². The normalized spacial score (nSPS) is 10.9. The molecule has 0 saturated carbocycles. The van der Waals surface area contributed by atoms with Crippen LogP contribution in [0.4, 0.5) is 0 Å². The Kier molecular flexibility index (Phi) is 3.52. The van der Waals surface area contributed by atoms with E-state index in [1.54, 1.807) is 24.3 Å². The molecule has 0 amide bonds. The molecule has 1 aromatic heterocycles. The molecule has 0 aliphatic carbocycles. The van der Waals surface area contributed by atoms with Crippen LogP contribution in [-0.2, 0) is 0 Å². The van der Waals surface area contributed by atoms with E-state index in [1.807, 2.05) is 0 Å². The van der Waals surface area contributed by atoms with Crippen molar-refractivity contribution in [3.63, 3.8) is 0 Å². The lowest BCUT2D eigenvalue weighted by atomic mass is 10.2. The number of alkyl halides is 1. The molecule has 0 unspecified atom stereocenters. The van der Waals surface area contributed by atoms with Crippen LogP contribution in [0.3, 0.4) is 0 Å². The largest absolute Gasteiger partial charge is 0.453 e. The first-order chi connectivity index (χ1) is 7.70. The van der Waals surface area contributed by atoms with Gasteiger partial charge in [0.25, 0.3) is 0 Å². The molecule has 0 N–H and O–H groups in total. The van der Waals surface area contributed by atoms with Crippen LogP contribution >= 0.6 is 23.2 Å². The van der Waals surface area contributed by atoms with Crippen LogP contribution in [0, 0.1) is 0 Å². The SMILES string of the molecule is O=C(CCCCl)c1cc2cc(Cl)ccc2o1. The molecule has 0 spiro atoms. The van der Waals surface area contributed by atoms with E-state index in [1.165, 1.54) is 0 Å². The number of benzene rings is 1. The number of hydrogen-bond donors (Lipinski definition) is 0. The Morgan fingerprint density at radius 1 is 1.31 bits per heavy atom. The molecule has 1 heterocycles. The van der Waals surface area contributed by atoms with Crippen LogP contribution in [0.25, 0.3) is 11.0 Å². The second-order valence-electron chi connectivity index (χ2n) is 3.51. The van der Waals surface area contributed by atoms with Crippen LogP contribution in [0.1, 0.15) is 23.4 Å². The van der Waals surface area contributed by atoms with Crippen molar-refractivity contribution in [2.24, 2.45) is 0 Å². The Morgan fingerprint density at radius 2 is 2.12 bits per heavy atom. The molecule has 0 aliphatic heterocycles. The Morgan fingerprint density at radius 3 is 2.88 bits per heavy atom. The van der Waals surface area contributed by atoms with Gasteiger partial charge in [-0.25, -0.2) is 0 Å². The van der Waals surface area contributed by atoms with Crippen molar-refractivity contribution < 1.29 is 9.21 Å². The molecule has 16 heavy (non-hydrogen) atoms. The second kappa shape index (κ2) is 4.89. The number of fused-ring (bicyclic) bond motifs is 1. The van der Waals surface area contributed by atoms with Gasteiger partial charge in [-0.15, -0.1) is 11.6 Å². The minimum absolute atomic E-state index is 0.0204. The van der Waals surface area contributed by atoms with Gasteiger partial charge in [-0.05, 0) is 30.7 Å². The van der Waals surface area contributed by atoms with E-state index in [4.69, 9.17) is 27.6 Å². The first-order valence-corrected chi connectivity index (χ1v) is 5.90. The van der Waals surface area contributed by atoms with Crippen LogP contribution in [-0.4, -0.2) is 11.7 Å². The number of Topliss-reactive ketones (excluding diaryl/α,β-unsaturated/α-hetero) is 1. The first-order valence-electron chi connectivity index (χ1n) is 4.99. The molecule has 0 bridgehead atoms. The van der Waals surface area contributed by atoms with Gasteiger partial charge in [-0.1, -0.05) is 11.6 Å². The van der Waals surface area contributed by atoms with Crippen molar-refractivity contribution in [3.05, 3.63) is 35.0 Å². The maximum atomic E-state index is 11.7. The van der Waals surface area contributed by atoms with E-state index in [0.29, 0.717) is 35.1 Å². The third kappa shape index (κ3) is 2.39. The fourth-order valence-corrected chi connectivity index (χ4v) is 1.82. The van der Waals surface area contributed by atoms with E-state index < -0.39 is 0 Å². The highest BCUT2D eigenvalue weighted by atomic mass is 35.5. The molecule has 0 fully saturated rings. The summed E-state index contributed by atoms with van der Waals surface area (Å²) in [5.41, 5.74) is 0.679. The van der Waals surface area contributed by atoms with Gasteiger partial charge in [0.05, 0.1) is 0 Å². The highest BCUT2D eigenvalue weighted by molar-refractivity contribution is 6.31. The smallest absolute Gasteiger partial charge is 0.198 e. The van der Waals surface area contributed by atoms with Gasteiger partial charge in [0.2, 0.25) is 0 Å². The number of ketones is 1. The molecule has 1 aromatic carbocycles. The predicted octanol–water partition coefficient (Wildman–Crippen LogP) is 4.29. The van der Waals surface area contributed by atoms with Crippen molar-refractivity contribution in [2.75, 3.05) is 5.88 Å². The van der Waals surface area contributed by atoms with E-state index >= 15 is 0 Å². The summed E-state index contributed by atoms with van der Waals surface area (Å²) in [7, 11) is 0. The van der Waals surface area contributed by atoms with Gasteiger partial charge < -0.3 is 4.42 Å². The zero-order valence-electron chi connectivity index (χ0n) is 8.50. The quantitative estimate of drug-likeness (QED) is 0.604. The van der Waals surface area contributed by atoms with Gasteiger partial charge in [-0.2, -0.15) is 0 Å². The molecule has 0 atom stereocenters. The number of hydrogen-bond acceptors (Lipinski definition) is 2. The lowest BCUT2D eigenvalue weighted by molar-refractivity contribution is 0.0957. The van der Waals surface area contributed by atoms with Crippen LogP contribution in [0.15, 0.2) is 28.7 Å². The summed E-state index contributed by atoms with van der Waals surface area (Å²) in [5.74, 6) is 0.841. The van der Waals surface area contributed by atoms with Crippen molar-refractivity contribution in [1.82, 2.24) is 0 Å². The van der Waals surface area contributed by atoms with E-state index in [-0.39, 0.29) is 5.78 Å². The summed E-state index contributed by atoms with van der Waals surface area (Å²) >= 11 is 11.4. The minimum atomic E-state index is -0.0204. The zero-order valence-corrected chi connectivity index (χ0v) is 10.0. The van der Waals surface area contributed by atoms with Gasteiger partial charge >= 0.3 is 0 Å².